The third kappa shape index (κ3) is 5.92. The van der Waals surface area contributed by atoms with Gasteiger partial charge in [0.25, 0.3) is 11.8 Å². The lowest BCUT2D eigenvalue weighted by Crippen LogP contribution is -2.71. The van der Waals surface area contributed by atoms with Crippen LogP contribution in [0.15, 0.2) is 58.0 Å². The highest BCUT2D eigenvalue weighted by Crippen LogP contribution is 2.41. The van der Waals surface area contributed by atoms with Gasteiger partial charge >= 0.3 is 5.97 Å². The number of thiazole rings is 1. The number of halogens is 1. The monoisotopic (exact) mass is 624 g/mol. The van der Waals surface area contributed by atoms with Crippen LogP contribution in [0.25, 0.3) is 0 Å². The number of aliphatic carboxylic acids is 1. The average Bonchev–Trinajstić information content (AvgIpc) is 3.55. The van der Waals surface area contributed by atoms with Gasteiger partial charge in [-0.3, -0.25) is 19.9 Å². The fraction of sp³-hybridized carbons (Fsp3) is 0.348. The van der Waals surface area contributed by atoms with Crippen molar-refractivity contribution in [1.82, 2.24) is 35.9 Å². The molecule has 0 bridgehead atoms. The number of anilines is 1. The average molecular weight is 625 g/mol. The number of hydrogen-bond acceptors (Lipinski definition) is 14. The number of carboxylic acids is 1. The Morgan fingerprint density at radius 3 is 2.83 bits per heavy atom. The molecule has 5 heterocycles. The van der Waals surface area contributed by atoms with Crippen LogP contribution in [0.1, 0.15) is 12.6 Å². The van der Waals surface area contributed by atoms with E-state index in [1.807, 2.05) is 29.5 Å². The topological polar surface area (TPSA) is 204 Å². The zero-order valence-corrected chi connectivity index (χ0v) is 24.2. The number of nitrogen functional groups attached to an aromatic ring is 1. The lowest BCUT2D eigenvalue weighted by molar-refractivity contribution is -0.150. The molecule has 0 aliphatic carbocycles. The summed E-state index contributed by atoms with van der Waals surface area (Å²) in [5, 5.41) is 22.8. The summed E-state index contributed by atoms with van der Waals surface area (Å²) in [4.78, 5) is 50.8. The van der Waals surface area contributed by atoms with E-state index in [2.05, 4.69) is 26.2 Å². The number of hydrogen-bond donors (Lipinski definition) is 6. The van der Waals surface area contributed by atoms with Crippen LogP contribution in [0, 0.1) is 0 Å². The number of carboxylic acid groups (broad SMARTS) is 1. The summed E-state index contributed by atoms with van der Waals surface area (Å²) in [5.74, 6) is -0.462. The van der Waals surface area contributed by atoms with E-state index >= 15 is 0 Å². The number of nitrogens with one attached hydrogen (secondary N) is 3. The van der Waals surface area contributed by atoms with E-state index in [0.717, 1.165) is 23.0 Å². The van der Waals surface area contributed by atoms with Gasteiger partial charge in [-0.05, 0) is 24.6 Å². The van der Waals surface area contributed by atoms with Gasteiger partial charge in [-0.1, -0.05) is 5.16 Å². The smallest absolute Gasteiger partial charge is 0.352 e. The highest BCUT2D eigenvalue weighted by Gasteiger charge is 2.54. The fourth-order valence-corrected chi connectivity index (χ4v) is 6.31. The second-order valence-corrected chi connectivity index (χ2v) is 10.8. The van der Waals surface area contributed by atoms with Crippen molar-refractivity contribution in [1.29, 1.82) is 0 Å². The highest BCUT2D eigenvalue weighted by atomic mass is 35.5. The Morgan fingerprint density at radius 1 is 1.34 bits per heavy atom. The molecule has 0 unspecified atom stereocenters. The number of aromatic nitrogens is 1. The van der Waals surface area contributed by atoms with Crippen molar-refractivity contribution in [2.75, 3.05) is 37.7 Å². The largest absolute Gasteiger partial charge is 0.477 e. The first-order valence-corrected chi connectivity index (χ1v) is 14.2. The zero-order valence-electron chi connectivity index (χ0n) is 21.8. The van der Waals surface area contributed by atoms with Crippen LogP contribution in [-0.2, 0) is 19.2 Å². The number of carbonyl (C=O) groups is 3. The Labute approximate surface area is 249 Å². The van der Waals surface area contributed by atoms with E-state index in [0.29, 0.717) is 24.4 Å². The van der Waals surface area contributed by atoms with Crippen LogP contribution in [-0.4, -0.2) is 91.8 Å². The van der Waals surface area contributed by atoms with E-state index in [9.17, 15) is 19.5 Å². The summed E-state index contributed by atoms with van der Waals surface area (Å²) in [7, 11) is 0. The molecule has 1 aromatic rings. The summed E-state index contributed by atoms with van der Waals surface area (Å²) >= 11 is 2.52. The van der Waals surface area contributed by atoms with Crippen molar-refractivity contribution in [3.8, 4) is 0 Å². The minimum Gasteiger partial charge on any atom is -0.477 e. The maximum absolute atomic E-state index is 13.2. The number of carbonyl (C=O) groups excluding carboxylic acids is 2. The molecule has 18 heteroatoms. The second-order valence-electron chi connectivity index (χ2n) is 8.78. The minimum absolute atomic E-state index is 0. The van der Waals surface area contributed by atoms with Crippen LogP contribution in [0.2, 0.25) is 0 Å². The van der Waals surface area contributed by atoms with Gasteiger partial charge in [-0.25, -0.2) is 14.8 Å². The quantitative estimate of drug-likeness (QED) is 0.104. The van der Waals surface area contributed by atoms with Crippen LogP contribution >= 0.6 is 35.5 Å². The number of oxime groups is 1. The van der Waals surface area contributed by atoms with E-state index in [-0.39, 0.29) is 47.8 Å². The van der Waals surface area contributed by atoms with Crippen molar-refractivity contribution >= 4 is 64.1 Å². The first-order valence-electron chi connectivity index (χ1n) is 12.3. The van der Waals surface area contributed by atoms with Gasteiger partial charge in [0.15, 0.2) is 10.8 Å². The molecule has 4 aliphatic rings. The fourth-order valence-electron chi connectivity index (χ4n) is 4.42. The van der Waals surface area contributed by atoms with Crippen LogP contribution < -0.4 is 27.5 Å². The number of thioether (sulfide) groups is 1. The molecule has 2 amide bonds. The lowest BCUT2D eigenvalue weighted by atomic mass is 10.0. The Balaban J connectivity index is 0.00000387. The predicted octanol–water partition coefficient (Wildman–Crippen LogP) is -0.536. The SMILES string of the molecule is CCO/N=C(\C(=O)N[C@@H]1C(=O)N2C(C(=O)O)=C(CN3C=CN4NC(NCCN)=CC=C34)CS[C@@H]12)c1csc(N)n1.Cl. The number of fused-ring (bicyclic) bond motifs is 2. The van der Waals surface area contributed by atoms with Gasteiger partial charge in [0.05, 0.1) is 0 Å². The normalized spacial score (nSPS) is 21.2. The summed E-state index contributed by atoms with van der Waals surface area (Å²) in [6, 6.07) is -0.937. The van der Waals surface area contributed by atoms with Crippen molar-refractivity contribution in [2.24, 2.45) is 10.9 Å². The molecule has 8 N–H and O–H groups in total. The van der Waals surface area contributed by atoms with E-state index in [1.54, 1.807) is 17.3 Å². The van der Waals surface area contributed by atoms with E-state index in [4.69, 9.17) is 16.3 Å². The molecule has 41 heavy (non-hydrogen) atoms. The summed E-state index contributed by atoms with van der Waals surface area (Å²) < 4.78 is 0. The number of nitrogens with zero attached hydrogens (tertiary/aromatic N) is 5. The third-order valence-electron chi connectivity index (χ3n) is 6.20. The van der Waals surface area contributed by atoms with E-state index in [1.165, 1.54) is 16.7 Å². The number of hydrazine groups is 1. The summed E-state index contributed by atoms with van der Waals surface area (Å²) in [6.45, 7) is 3.30. The maximum Gasteiger partial charge on any atom is 0.352 e. The molecular weight excluding hydrogens is 596 g/mol. The molecule has 0 spiro atoms. The van der Waals surface area contributed by atoms with Crippen molar-refractivity contribution in [2.45, 2.75) is 18.3 Å². The molecule has 1 aromatic heterocycles. The predicted molar refractivity (Wildman–Crippen MR) is 156 cm³/mol. The third-order valence-corrected chi connectivity index (χ3v) is 8.21. The van der Waals surface area contributed by atoms with Crippen molar-refractivity contribution < 1.29 is 24.3 Å². The molecule has 5 rings (SSSR count). The molecule has 0 saturated carbocycles. The molecule has 15 nitrogen and oxygen atoms in total. The number of rotatable bonds is 11. The van der Waals surface area contributed by atoms with Gasteiger partial charge < -0.3 is 36.9 Å². The maximum atomic E-state index is 13.2. The first kappa shape index (κ1) is 30.0. The summed E-state index contributed by atoms with van der Waals surface area (Å²) in [5.41, 5.74) is 15.1. The second kappa shape index (κ2) is 12.7. The molecule has 1 fully saturated rings. The minimum atomic E-state index is -1.21. The van der Waals surface area contributed by atoms with Crippen LogP contribution in [0.3, 0.4) is 0 Å². The molecule has 4 aliphatic heterocycles. The zero-order chi connectivity index (χ0) is 28.4. The standard InChI is InChI=1S/C23H28N10O5S2.ClH/c1-2-38-30-16(13-11-40-23(25)27-13)19(34)28-17-20(35)33-18(22(36)37)12(10-39-21(17)33)9-31-7-8-32-15(31)4-3-14(29-32)26-6-5-24;/h3-4,7-8,11,17,21,26,29H,2,5-6,9-10,24H2,1H3,(H2,25,27)(H,28,34)(H,36,37);1H/b30-16-;/t17-,21+;/m1./s1. The highest BCUT2D eigenvalue weighted by molar-refractivity contribution is 8.00. The van der Waals surface area contributed by atoms with Crippen LogP contribution in [0.5, 0.6) is 0 Å². The van der Waals surface area contributed by atoms with Crippen molar-refractivity contribution in [3.05, 3.63) is 58.5 Å². The molecule has 1 saturated heterocycles. The number of amides is 2. The molecule has 2 atom stereocenters. The van der Waals surface area contributed by atoms with Crippen LogP contribution in [0.4, 0.5) is 5.13 Å². The van der Waals surface area contributed by atoms with Crippen molar-refractivity contribution in [3.63, 3.8) is 0 Å². The number of allylic oxidation sites excluding steroid dienone is 2. The molecule has 0 radical (unpaired) electrons. The van der Waals surface area contributed by atoms with Gasteiger partial charge in [0, 0.05) is 43.2 Å². The molecule has 220 valence electrons. The molecule has 0 aromatic carbocycles. The number of β-lactam (4-membered cyclic amide) rings is 1. The summed E-state index contributed by atoms with van der Waals surface area (Å²) in [6.07, 6.45) is 7.41. The van der Waals surface area contributed by atoms with Gasteiger partial charge in [0.2, 0.25) is 0 Å². The Kier molecular flexibility index (Phi) is 9.31. The van der Waals surface area contributed by atoms with Gasteiger partial charge in [0.1, 0.15) is 41.1 Å². The van der Waals surface area contributed by atoms with Gasteiger partial charge in [-0.15, -0.1) is 35.5 Å². The van der Waals surface area contributed by atoms with E-state index < -0.39 is 29.2 Å². The Bertz CT molecular complexity index is 1380. The first-order chi connectivity index (χ1) is 19.3. The molecular formula is C23H29ClN10O5S2. The Morgan fingerprint density at radius 2 is 2.15 bits per heavy atom. The lowest BCUT2D eigenvalue weighted by Gasteiger charge is -2.49. The Hall–Kier alpha value is -3.93. The van der Waals surface area contributed by atoms with Gasteiger partial charge in [-0.2, -0.15) is 0 Å². The number of nitrogens with two attached hydrogens (primary N) is 2.